The Bertz CT molecular complexity index is 1130. The average Bonchev–Trinajstić information content (AvgIpc) is 2.88. The van der Waals surface area contributed by atoms with Gasteiger partial charge in [0.1, 0.15) is 23.9 Å². The average molecular weight is 546 g/mol. The summed E-state index contributed by atoms with van der Waals surface area (Å²) in [6.07, 6.45) is -0.709. The maximum Gasteiger partial charge on any atom is 0.326 e. The van der Waals surface area contributed by atoms with E-state index < -0.39 is 60.2 Å². The van der Waals surface area contributed by atoms with Gasteiger partial charge >= 0.3 is 5.97 Å². The highest BCUT2D eigenvalue weighted by molar-refractivity contribution is 7.80. The van der Waals surface area contributed by atoms with Crippen LogP contribution in [0.15, 0.2) is 54.6 Å². The zero-order valence-electron chi connectivity index (χ0n) is 20.4. The molecule has 0 saturated heterocycles. The molecule has 0 aliphatic rings. The number of amides is 4. The van der Waals surface area contributed by atoms with Gasteiger partial charge in [0.15, 0.2) is 0 Å². The van der Waals surface area contributed by atoms with Crippen LogP contribution in [-0.4, -0.2) is 69.7 Å². The third-order valence-electron chi connectivity index (χ3n) is 5.48. The third-order valence-corrected chi connectivity index (χ3v) is 5.87. The van der Waals surface area contributed by atoms with Gasteiger partial charge in [0.2, 0.25) is 23.6 Å². The standard InChI is InChI=1S/C25H31N5O7S/c26-17(13-38)22(33)28-18(10-14-4-2-1-3-5-14)23(34)29-19(12-21(27)32)24(35)30-20(25(36)37)11-15-6-8-16(31)9-7-15/h1-9,17-20,31,38H,10-13,26H2,(H2,27,32)(H,28,33)(H,29,34)(H,30,35)(H,36,37). The number of hydrogen-bond donors (Lipinski definition) is 8. The van der Waals surface area contributed by atoms with Crippen LogP contribution in [0.2, 0.25) is 0 Å². The van der Waals surface area contributed by atoms with Crippen molar-refractivity contribution in [1.29, 1.82) is 0 Å². The summed E-state index contributed by atoms with van der Waals surface area (Å²) in [5.74, 6) is -4.67. The first kappa shape index (κ1) is 30.1. The SMILES string of the molecule is NC(=O)CC(NC(=O)C(Cc1ccccc1)NC(=O)C(N)CS)C(=O)NC(Cc1ccc(O)cc1)C(=O)O. The van der Waals surface area contributed by atoms with E-state index in [4.69, 9.17) is 11.5 Å². The summed E-state index contributed by atoms with van der Waals surface area (Å²) in [6, 6.07) is 9.36. The van der Waals surface area contributed by atoms with Crippen LogP contribution in [-0.2, 0) is 36.8 Å². The normalized spacial score (nSPS) is 13.8. The number of nitrogens with two attached hydrogens (primary N) is 2. The largest absolute Gasteiger partial charge is 0.508 e. The lowest BCUT2D eigenvalue weighted by Crippen LogP contribution is -2.58. The van der Waals surface area contributed by atoms with Gasteiger partial charge in [-0.1, -0.05) is 42.5 Å². The molecule has 38 heavy (non-hydrogen) atoms. The molecule has 0 aromatic heterocycles. The molecule has 4 amide bonds. The molecule has 204 valence electrons. The summed E-state index contributed by atoms with van der Waals surface area (Å²) in [4.78, 5) is 62.0. The molecule has 2 aromatic rings. The van der Waals surface area contributed by atoms with Crippen molar-refractivity contribution in [1.82, 2.24) is 16.0 Å². The number of rotatable bonds is 14. The van der Waals surface area contributed by atoms with Crippen molar-refractivity contribution in [2.75, 3.05) is 5.75 Å². The first-order valence-electron chi connectivity index (χ1n) is 11.6. The highest BCUT2D eigenvalue weighted by Gasteiger charge is 2.31. The number of phenolic OH excluding ortho intramolecular Hbond substituents is 1. The van der Waals surface area contributed by atoms with Crippen LogP contribution >= 0.6 is 12.6 Å². The van der Waals surface area contributed by atoms with E-state index in [2.05, 4.69) is 28.6 Å². The maximum atomic E-state index is 13.2. The van der Waals surface area contributed by atoms with Crippen molar-refractivity contribution in [2.45, 2.75) is 43.4 Å². The van der Waals surface area contributed by atoms with E-state index in [0.717, 1.165) is 0 Å². The van der Waals surface area contributed by atoms with Gasteiger partial charge in [0.25, 0.3) is 0 Å². The molecule has 0 radical (unpaired) electrons. The van der Waals surface area contributed by atoms with Gasteiger partial charge in [0.05, 0.1) is 12.5 Å². The molecule has 0 saturated carbocycles. The summed E-state index contributed by atoms with van der Waals surface area (Å²) in [6.45, 7) is 0. The zero-order valence-corrected chi connectivity index (χ0v) is 21.3. The lowest BCUT2D eigenvalue weighted by atomic mass is 10.0. The summed E-state index contributed by atoms with van der Waals surface area (Å²) in [5.41, 5.74) is 12.2. The summed E-state index contributed by atoms with van der Waals surface area (Å²) in [7, 11) is 0. The molecular formula is C25H31N5O7S. The Morgan fingerprint density at radius 2 is 1.26 bits per heavy atom. The van der Waals surface area contributed by atoms with Crippen molar-refractivity contribution in [3.63, 3.8) is 0 Å². The fourth-order valence-corrected chi connectivity index (χ4v) is 3.61. The lowest BCUT2D eigenvalue weighted by Gasteiger charge is -2.25. The minimum absolute atomic E-state index is 0.0126. The van der Waals surface area contributed by atoms with E-state index in [1.165, 1.54) is 24.3 Å². The van der Waals surface area contributed by atoms with Gasteiger partial charge in [-0.3, -0.25) is 19.2 Å². The molecule has 2 rings (SSSR count). The second-order valence-corrected chi connectivity index (χ2v) is 8.91. The Balaban J connectivity index is 2.21. The number of carboxylic acids is 1. The Morgan fingerprint density at radius 1 is 0.763 bits per heavy atom. The number of carbonyl (C=O) groups is 5. The van der Waals surface area contributed by atoms with E-state index in [-0.39, 0.29) is 24.3 Å². The van der Waals surface area contributed by atoms with Crippen LogP contribution in [0.5, 0.6) is 5.75 Å². The van der Waals surface area contributed by atoms with Gasteiger partial charge in [-0.15, -0.1) is 0 Å². The number of phenols is 1. The smallest absolute Gasteiger partial charge is 0.326 e. The molecular weight excluding hydrogens is 514 g/mol. The van der Waals surface area contributed by atoms with Crippen LogP contribution in [0.3, 0.4) is 0 Å². The Kier molecular flexibility index (Phi) is 11.6. The molecule has 0 fully saturated rings. The predicted molar refractivity (Wildman–Crippen MR) is 141 cm³/mol. The number of nitrogens with one attached hydrogen (secondary N) is 3. The molecule has 0 bridgehead atoms. The molecule has 4 unspecified atom stereocenters. The first-order valence-corrected chi connectivity index (χ1v) is 12.2. The molecule has 0 aliphatic carbocycles. The molecule has 9 N–H and O–H groups in total. The van der Waals surface area contributed by atoms with Crippen LogP contribution in [0.1, 0.15) is 17.5 Å². The summed E-state index contributed by atoms with van der Waals surface area (Å²) >= 11 is 3.99. The topological polar surface area (TPSA) is 214 Å². The molecule has 13 heteroatoms. The van der Waals surface area contributed by atoms with Crippen molar-refractivity contribution < 1.29 is 34.2 Å². The Morgan fingerprint density at radius 3 is 1.82 bits per heavy atom. The highest BCUT2D eigenvalue weighted by Crippen LogP contribution is 2.12. The van der Waals surface area contributed by atoms with Crippen molar-refractivity contribution in [3.8, 4) is 5.75 Å². The molecule has 0 spiro atoms. The van der Waals surface area contributed by atoms with E-state index in [1.807, 2.05) is 0 Å². The highest BCUT2D eigenvalue weighted by atomic mass is 32.1. The van der Waals surface area contributed by atoms with E-state index in [1.54, 1.807) is 30.3 Å². The minimum atomic E-state index is -1.52. The van der Waals surface area contributed by atoms with Gasteiger partial charge in [0, 0.05) is 18.6 Å². The second kappa shape index (κ2) is 14.6. The maximum absolute atomic E-state index is 13.2. The van der Waals surface area contributed by atoms with Crippen LogP contribution in [0.25, 0.3) is 0 Å². The second-order valence-electron chi connectivity index (χ2n) is 8.54. The molecule has 2 aromatic carbocycles. The number of benzene rings is 2. The summed E-state index contributed by atoms with van der Waals surface area (Å²) < 4.78 is 0. The number of hydrogen-bond acceptors (Lipinski definition) is 8. The number of thiol groups is 1. The van der Waals surface area contributed by atoms with Gasteiger partial charge < -0.3 is 37.6 Å². The Labute approximate surface area is 224 Å². The van der Waals surface area contributed by atoms with Crippen molar-refractivity contribution in [3.05, 3.63) is 65.7 Å². The molecule has 12 nitrogen and oxygen atoms in total. The minimum Gasteiger partial charge on any atom is -0.508 e. The molecule has 0 aliphatic heterocycles. The Hall–Kier alpha value is -4.10. The van der Waals surface area contributed by atoms with E-state index >= 15 is 0 Å². The number of carbonyl (C=O) groups excluding carboxylic acids is 4. The van der Waals surface area contributed by atoms with Crippen molar-refractivity contribution in [2.24, 2.45) is 11.5 Å². The predicted octanol–water partition coefficient (Wildman–Crippen LogP) is -1.15. The molecule has 4 atom stereocenters. The quantitative estimate of drug-likeness (QED) is 0.135. The van der Waals surface area contributed by atoms with Crippen LogP contribution in [0, 0.1) is 0 Å². The fourth-order valence-electron chi connectivity index (χ4n) is 3.44. The van der Waals surface area contributed by atoms with Crippen LogP contribution < -0.4 is 27.4 Å². The number of aliphatic carboxylic acids is 1. The van der Waals surface area contributed by atoms with Gasteiger partial charge in [-0.05, 0) is 23.3 Å². The first-order chi connectivity index (χ1) is 18.0. The van der Waals surface area contributed by atoms with E-state index in [0.29, 0.717) is 11.1 Å². The van der Waals surface area contributed by atoms with E-state index in [9.17, 15) is 34.2 Å². The third kappa shape index (κ3) is 9.75. The van der Waals surface area contributed by atoms with Gasteiger partial charge in [-0.2, -0.15) is 12.6 Å². The lowest BCUT2D eigenvalue weighted by molar-refractivity contribution is -0.142. The summed E-state index contributed by atoms with van der Waals surface area (Å²) in [5, 5.41) is 26.2. The van der Waals surface area contributed by atoms with Crippen LogP contribution in [0.4, 0.5) is 0 Å². The van der Waals surface area contributed by atoms with Crippen molar-refractivity contribution >= 4 is 42.2 Å². The fraction of sp³-hybridized carbons (Fsp3) is 0.320. The monoisotopic (exact) mass is 545 g/mol. The number of primary amides is 1. The van der Waals surface area contributed by atoms with Gasteiger partial charge in [-0.25, -0.2) is 4.79 Å². The molecule has 0 heterocycles. The number of carboxylic acid groups (broad SMARTS) is 1. The number of aromatic hydroxyl groups is 1. The zero-order chi connectivity index (χ0) is 28.2.